The van der Waals surface area contributed by atoms with Crippen LogP contribution < -0.4 is 0 Å². The summed E-state index contributed by atoms with van der Waals surface area (Å²) >= 11 is 0. The molecule has 0 bridgehead atoms. The molecule has 0 aromatic rings. The smallest absolute Gasteiger partial charge is 0.311 e. The average molecular weight is 591 g/mol. The Morgan fingerprint density at radius 3 is 2.12 bits per heavy atom. The second kappa shape index (κ2) is 14.0. The molecule has 0 aromatic carbocycles. The number of esters is 1. The standard InChI is InChI=1S/C29H54N2O10/c1-11-20-29(8,37)24(34)16(4)21(30-38)14(2)13-28(7,36)25(17(5)22(32)18(6)26(35)40-20)41-27-23(33)19(31(9)10)12-15(3)39-27/h14-25,27,32-34,36-37H,11-13H2,1-10H3/t14-,15?,16+,17+,18-,19?,20-,21?,22+,23?,24-,25-,27?,28-,29-/m1/s1. The number of nitrogens with zero attached hydrogens (tertiary/aromatic N) is 2. The van der Waals surface area contributed by atoms with Crippen molar-refractivity contribution in [2.24, 2.45) is 28.8 Å². The Morgan fingerprint density at radius 2 is 1.61 bits per heavy atom. The molecule has 15 atom stereocenters. The first-order valence-corrected chi connectivity index (χ1v) is 14.8. The van der Waals surface area contributed by atoms with E-state index in [1.165, 1.54) is 20.8 Å². The van der Waals surface area contributed by atoms with Crippen LogP contribution in [0.2, 0.25) is 0 Å². The predicted octanol–water partition coefficient (Wildman–Crippen LogP) is 1.43. The minimum absolute atomic E-state index is 0.0458. The van der Waals surface area contributed by atoms with Gasteiger partial charge in [-0.3, -0.25) is 4.79 Å². The lowest BCUT2D eigenvalue weighted by molar-refractivity contribution is -0.299. The number of hydrogen-bond donors (Lipinski definition) is 5. The molecular weight excluding hydrogens is 536 g/mol. The van der Waals surface area contributed by atoms with Gasteiger partial charge in [-0.1, -0.05) is 32.9 Å². The average Bonchev–Trinajstić information content (AvgIpc) is 2.88. The van der Waals surface area contributed by atoms with Crippen molar-refractivity contribution >= 4 is 5.97 Å². The van der Waals surface area contributed by atoms with E-state index in [1.807, 2.05) is 25.9 Å². The first-order valence-electron chi connectivity index (χ1n) is 14.8. The highest BCUT2D eigenvalue weighted by Gasteiger charge is 2.51. The molecule has 2 aliphatic rings. The van der Waals surface area contributed by atoms with Crippen LogP contribution in [-0.4, -0.2) is 117 Å². The van der Waals surface area contributed by atoms with Gasteiger partial charge in [0.2, 0.25) is 0 Å². The lowest BCUT2D eigenvalue weighted by Crippen LogP contribution is -2.60. The summed E-state index contributed by atoms with van der Waals surface area (Å²) in [6.07, 6.45) is -6.97. The molecule has 0 aliphatic carbocycles. The minimum Gasteiger partial charge on any atom is -0.459 e. The van der Waals surface area contributed by atoms with Crippen LogP contribution in [0.5, 0.6) is 0 Å². The zero-order valence-corrected chi connectivity index (χ0v) is 26.3. The van der Waals surface area contributed by atoms with E-state index in [9.17, 15) is 35.2 Å². The molecule has 0 spiro atoms. The van der Waals surface area contributed by atoms with Gasteiger partial charge in [0.05, 0.1) is 42.0 Å². The zero-order valence-electron chi connectivity index (χ0n) is 26.3. The van der Waals surface area contributed by atoms with Crippen molar-refractivity contribution in [1.29, 1.82) is 0 Å². The lowest BCUT2D eigenvalue weighted by Gasteiger charge is -2.47. The Bertz CT molecular complexity index is 871. The molecule has 0 radical (unpaired) electrons. The molecule has 2 saturated heterocycles. The summed E-state index contributed by atoms with van der Waals surface area (Å²) in [5, 5.41) is 60.1. The minimum atomic E-state index is -1.92. The number of ether oxygens (including phenoxy) is 3. The summed E-state index contributed by atoms with van der Waals surface area (Å²) in [6.45, 7) is 12.8. The molecular formula is C29H54N2O10. The van der Waals surface area contributed by atoms with Gasteiger partial charge in [0.25, 0.3) is 0 Å². The first-order chi connectivity index (χ1) is 18.8. The molecule has 240 valence electrons. The molecule has 12 heteroatoms. The number of carbonyl (C=O) groups excluding carboxylic acids is 1. The molecule has 5 N–H and O–H groups in total. The topological polar surface area (TPSA) is 179 Å². The van der Waals surface area contributed by atoms with E-state index in [4.69, 9.17) is 14.2 Å². The Balaban J connectivity index is 2.58. The largest absolute Gasteiger partial charge is 0.459 e. The van der Waals surface area contributed by atoms with Crippen molar-refractivity contribution in [3.63, 3.8) is 0 Å². The highest BCUT2D eigenvalue weighted by Crippen LogP contribution is 2.39. The number of rotatable bonds is 5. The van der Waals surface area contributed by atoms with Gasteiger partial charge >= 0.3 is 5.97 Å². The summed E-state index contributed by atoms with van der Waals surface area (Å²) < 4.78 is 17.9. The summed E-state index contributed by atoms with van der Waals surface area (Å²) in [7, 11) is 3.68. The molecule has 5 unspecified atom stereocenters. The normalized spacial score (nSPS) is 49.3. The third-order valence-corrected chi connectivity index (χ3v) is 9.43. The van der Waals surface area contributed by atoms with Gasteiger partial charge in [0.1, 0.15) is 17.8 Å². The van der Waals surface area contributed by atoms with E-state index in [-0.39, 0.29) is 25.0 Å². The third-order valence-electron chi connectivity index (χ3n) is 9.43. The van der Waals surface area contributed by atoms with Gasteiger partial charge in [-0.15, -0.1) is 0 Å². The van der Waals surface area contributed by atoms with Gasteiger partial charge in [0.15, 0.2) is 6.29 Å². The van der Waals surface area contributed by atoms with E-state index in [0.29, 0.717) is 6.42 Å². The van der Waals surface area contributed by atoms with E-state index < -0.39 is 83.7 Å². The Labute approximate surface area is 244 Å². The highest BCUT2D eigenvalue weighted by atomic mass is 16.7. The SMILES string of the molecule is CC[C@H]1OC(=O)[C@H](C)[C@@H](O)[C@H](C)[C@@H](OC2OC(C)CC(N(C)C)C2O)[C@](C)(O)C[C@@H](C)C(N=O)[C@H](C)[C@@H](O)[C@]1(C)O. The first kappa shape index (κ1) is 35.9. The third kappa shape index (κ3) is 7.83. The molecule has 41 heavy (non-hydrogen) atoms. The fourth-order valence-corrected chi connectivity index (χ4v) is 6.79. The Kier molecular flexibility index (Phi) is 12.3. The van der Waals surface area contributed by atoms with Gasteiger partial charge in [-0.05, 0) is 67.0 Å². The van der Waals surface area contributed by atoms with E-state index in [0.717, 1.165) is 0 Å². The molecule has 0 aromatic heterocycles. The lowest BCUT2D eigenvalue weighted by atomic mass is 9.72. The molecule has 2 aliphatic heterocycles. The molecule has 0 amide bonds. The molecule has 0 saturated carbocycles. The highest BCUT2D eigenvalue weighted by molar-refractivity contribution is 5.73. The Hall–Kier alpha value is -1.25. The maximum Gasteiger partial charge on any atom is 0.311 e. The van der Waals surface area contributed by atoms with Crippen LogP contribution >= 0.6 is 0 Å². The second-order valence-electron chi connectivity index (χ2n) is 13.3. The maximum absolute atomic E-state index is 13.2. The van der Waals surface area contributed by atoms with E-state index in [1.54, 1.807) is 27.7 Å². The maximum atomic E-state index is 13.2. The number of carbonyl (C=O) groups is 1. The molecule has 2 rings (SSSR count). The fourth-order valence-electron chi connectivity index (χ4n) is 6.79. The van der Waals surface area contributed by atoms with Crippen LogP contribution in [0, 0.1) is 28.6 Å². The molecule has 2 heterocycles. The van der Waals surface area contributed by atoms with Crippen molar-refractivity contribution in [2.45, 2.75) is 141 Å². The van der Waals surface area contributed by atoms with E-state index >= 15 is 0 Å². The summed E-state index contributed by atoms with van der Waals surface area (Å²) in [5.41, 5.74) is -3.64. The van der Waals surface area contributed by atoms with Gasteiger partial charge < -0.3 is 44.6 Å². The van der Waals surface area contributed by atoms with Crippen LogP contribution in [0.25, 0.3) is 0 Å². The number of nitroso groups, excluding NO2 is 1. The van der Waals surface area contributed by atoms with E-state index in [2.05, 4.69) is 5.18 Å². The second-order valence-corrected chi connectivity index (χ2v) is 13.3. The number of aliphatic hydroxyl groups excluding tert-OH is 3. The van der Waals surface area contributed by atoms with Crippen molar-refractivity contribution in [1.82, 2.24) is 4.90 Å². The monoisotopic (exact) mass is 590 g/mol. The summed E-state index contributed by atoms with van der Waals surface area (Å²) in [5.74, 6) is -4.25. The quantitative estimate of drug-likeness (QED) is 0.231. The van der Waals surface area contributed by atoms with Crippen LogP contribution in [0.3, 0.4) is 0 Å². The predicted molar refractivity (Wildman–Crippen MR) is 152 cm³/mol. The fraction of sp³-hybridized carbons (Fsp3) is 0.966. The van der Waals surface area contributed by atoms with Crippen LogP contribution in [0.1, 0.15) is 74.7 Å². The summed E-state index contributed by atoms with van der Waals surface area (Å²) in [4.78, 5) is 27.2. The van der Waals surface area contributed by atoms with Crippen LogP contribution in [0.4, 0.5) is 0 Å². The zero-order chi connectivity index (χ0) is 31.6. The molecule has 12 nitrogen and oxygen atoms in total. The number of likely N-dealkylation sites (N-methyl/N-ethyl adjacent to an activating group) is 1. The van der Waals surface area contributed by atoms with Crippen LogP contribution in [0.15, 0.2) is 5.18 Å². The Morgan fingerprint density at radius 1 is 1.02 bits per heavy atom. The summed E-state index contributed by atoms with van der Waals surface area (Å²) in [6, 6.07) is -1.32. The molecule has 2 fully saturated rings. The number of cyclic esters (lactones) is 1. The number of hydrogen-bond acceptors (Lipinski definition) is 12. The van der Waals surface area contributed by atoms with Crippen molar-refractivity contribution < 1.29 is 44.5 Å². The number of aliphatic hydroxyl groups is 5. The van der Waals surface area contributed by atoms with Gasteiger partial charge in [-0.2, -0.15) is 4.91 Å². The van der Waals surface area contributed by atoms with Crippen molar-refractivity contribution in [3.05, 3.63) is 4.91 Å². The van der Waals surface area contributed by atoms with Gasteiger partial charge in [0, 0.05) is 17.9 Å². The van der Waals surface area contributed by atoms with Crippen molar-refractivity contribution in [2.75, 3.05) is 14.1 Å². The van der Waals surface area contributed by atoms with Crippen molar-refractivity contribution in [3.8, 4) is 0 Å². The van der Waals surface area contributed by atoms with Gasteiger partial charge in [-0.25, -0.2) is 0 Å². The van der Waals surface area contributed by atoms with Crippen LogP contribution in [-0.2, 0) is 19.0 Å².